The van der Waals surface area contributed by atoms with Crippen LogP contribution < -0.4 is 14.2 Å². The van der Waals surface area contributed by atoms with Gasteiger partial charge in [0.15, 0.2) is 0 Å². The highest BCUT2D eigenvalue weighted by atomic mass is 32.2. The van der Waals surface area contributed by atoms with Gasteiger partial charge in [-0.3, -0.25) is 0 Å². The summed E-state index contributed by atoms with van der Waals surface area (Å²) in [6, 6.07) is 6.44. The number of hydrogen-bond acceptors (Lipinski definition) is 5. The quantitative estimate of drug-likeness (QED) is 0.670. The van der Waals surface area contributed by atoms with E-state index in [4.69, 9.17) is 9.47 Å². The molecule has 0 aliphatic heterocycles. The first kappa shape index (κ1) is 20.0. The lowest BCUT2D eigenvalue weighted by Gasteiger charge is -2.11. The number of pyridine rings is 1. The molecule has 0 saturated heterocycles. The molecule has 1 aromatic carbocycles. The van der Waals surface area contributed by atoms with Crippen molar-refractivity contribution in [2.75, 3.05) is 14.2 Å². The van der Waals surface area contributed by atoms with Crippen LogP contribution in [0, 0.1) is 0 Å². The zero-order valence-corrected chi connectivity index (χ0v) is 15.6. The number of aromatic nitrogens is 2. The standard InChI is InChI=1S/C17H16F3N3O4S/c1-26-13-4-5-14(27-2)15(7-13)28(24,25)21-8-12-10-23-9-11(17(18,19)20)3-6-16(23)22-12/h3-7,9-10,21H,8H2,1-2H3. The van der Waals surface area contributed by atoms with Gasteiger partial charge in [-0.15, -0.1) is 0 Å². The van der Waals surface area contributed by atoms with E-state index in [0.717, 1.165) is 12.3 Å². The summed E-state index contributed by atoms with van der Waals surface area (Å²) in [6.45, 7) is -0.217. The number of fused-ring (bicyclic) bond motifs is 1. The number of alkyl halides is 3. The number of hydrogen-bond donors (Lipinski definition) is 1. The molecule has 0 spiro atoms. The summed E-state index contributed by atoms with van der Waals surface area (Å²) >= 11 is 0. The Morgan fingerprint density at radius 3 is 2.50 bits per heavy atom. The average molecular weight is 415 g/mol. The van der Waals surface area contributed by atoms with Crippen LogP contribution in [-0.4, -0.2) is 32.0 Å². The first-order chi connectivity index (χ1) is 13.1. The smallest absolute Gasteiger partial charge is 0.417 e. The lowest BCUT2D eigenvalue weighted by Crippen LogP contribution is -2.24. The number of halogens is 3. The van der Waals surface area contributed by atoms with Gasteiger partial charge in [0, 0.05) is 18.5 Å². The molecule has 0 fully saturated rings. The molecule has 0 amide bonds. The lowest BCUT2D eigenvalue weighted by atomic mass is 10.3. The number of ether oxygens (including phenoxy) is 2. The Bertz CT molecular complexity index is 1110. The average Bonchev–Trinajstić information content (AvgIpc) is 3.07. The van der Waals surface area contributed by atoms with Crippen molar-refractivity contribution in [3.05, 3.63) is 54.0 Å². The molecule has 0 saturated carbocycles. The molecule has 2 heterocycles. The van der Waals surface area contributed by atoms with Crippen LogP contribution in [0.3, 0.4) is 0 Å². The van der Waals surface area contributed by atoms with Crippen molar-refractivity contribution in [3.63, 3.8) is 0 Å². The number of rotatable bonds is 6. The normalized spacial score (nSPS) is 12.3. The van der Waals surface area contributed by atoms with Gasteiger partial charge in [0.25, 0.3) is 0 Å². The van der Waals surface area contributed by atoms with E-state index in [1.165, 1.54) is 43.0 Å². The zero-order chi connectivity index (χ0) is 20.5. The van der Waals surface area contributed by atoms with E-state index in [2.05, 4.69) is 9.71 Å². The third-order valence-corrected chi connectivity index (χ3v) is 5.35. The number of imidazole rings is 1. The van der Waals surface area contributed by atoms with Gasteiger partial charge in [-0.2, -0.15) is 13.2 Å². The van der Waals surface area contributed by atoms with Crippen molar-refractivity contribution >= 4 is 15.7 Å². The summed E-state index contributed by atoms with van der Waals surface area (Å²) in [5.74, 6) is 0.451. The van der Waals surface area contributed by atoms with E-state index in [-0.39, 0.29) is 28.5 Å². The fraction of sp³-hybridized carbons (Fsp3) is 0.235. The van der Waals surface area contributed by atoms with Gasteiger partial charge in [-0.25, -0.2) is 18.1 Å². The van der Waals surface area contributed by atoms with Crippen LogP contribution in [0.4, 0.5) is 13.2 Å². The molecule has 0 unspecified atom stereocenters. The van der Waals surface area contributed by atoms with Gasteiger partial charge in [0.1, 0.15) is 22.0 Å². The molecule has 3 aromatic rings. The van der Waals surface area contributed by atoms with E-state index < -0.39 is 21.8 Å². The Morgan fingerprint density at radius 1 is 1.11 bits per heavy atom. The molecule has 1 N–H and O–H groups in total. The summed E-state index contributed by atoms with van der Waals surface area (Å²) in [7, 11) is -1.25. The van der Waals surface area contributed by atoms with Crippen molar-refractivity contribution in [3.8, 4) is 11.5 Å². The monoisotopic (exact) mass is 415 g/mol. The molecule has 0 atom stereocenters. The fourth-order valence-corrected chi connectivity index (χ4v) is 3.72. The third-order valence-electron chi connectivity index (χ3n) is 3.93. The van der Waals surface area contributed by atoms with Crippen molar-refractivity contribution in [1.29, 1.82) is 0 Å². The maximum Gasteiger partial charge on any atom is 0.417 e. The van der Waals surface area contributed by atoms with Gasteiger partial charge in [0.2, 0.25) is 10.0 Å². The van der Waals surface area contributed by atoms with Crippen molar-refractivity contribution in [2.45, 2.75) is 17.6 Å². The maximum atomic E-state index is 12.8. The Morgan fingerprint density at radius 2 is 1.86 bits per heavy atom. The molecule has 0 aliphatic carbocycles. The SMILES string of the molecule is COc1ccc(OC)c(S(=O)(=O)NCc2cn3cc(C(F)(F)F)ccc3n2)c1. The second-order valence-electron chi connectivity index (χ2n) is 5.75. The molecule has 28 heavy (non-hydrogen) atoms. The molecule has 150 valence electrons. The van der Waals surface area contributed by atoms with Crippen molar-refractivity contribution < 1.29 is 31.1 Å². The number of methoxy groups -OCH3 is 2. The second kappa shape index (κ2) is 7.32. The van der Waals surface area contributed by atoms with Crippen LogP contribution in [0.25, 0.3) is 5.65 Å². The highest BCUT2D eigenvalue weighted by Crippen LogP contribution is 2.30. The van der Waals surface area contributed by atoms with Gasteiger partial charge in [-0.05, 0) is 24.3 Å². The lowest BCUT2D eigenvalue weighted by molar-refractivity contribution is -0.137. The predicted molar refractivity (Wildman–Crippen MR) is 93.8 cm³/mol. The Hall–Kier alpha value is -2.79. The van der Waals surface area contributed by atoms with Crippen LogP contribution >= 0.6 is 0 Å². The third kappa shape index (κ3) is 4.04. The van der Waals surface area contributed by atoms with Crippen LogP contribution in [0.1, 0.15) is 11.3 Å². The zero-order valence-electron chi connectivity index (χ0n) is 14.8. The van der Waals surface area contributed by atoms with Gasteiger partial charge < -0.3 is 13.9 Å². The first-order valence-electron chi connectivity index (χ1n) is 7.90. The van der Waals surface area contributed by atoms with Crippen LogP contribution in [0.2, 0.25) is 0 Å². The maximum absolute atomic E-state index is 12.8. The molecule has 7 nitrogen and oxygen atoms in total. The summed E-state index contributed by atoms with van der Waals surface area (Å²) in [4.78, 5) is 3.99. The minimum absolute atomic E-state index is 0.123. The van der Waals surface area contributed by atoms with E-state index in [1.54, 1.807) is 6.07 Å². The van der Waals surface area contributed by atoms with Crippen LogP contribution in [0.5, 0.6) is 11.5 Å². The predicted octanol–water partition coefficient (Wildman–Crippen LogP) is 2.85. The Balaban J connectivity index is 1.85. The molecule has 0 bridgehead atoms. The Labute approximate surface area is 158 Å². The minimum atomic E-state index is -4.48. The van der Waals surface area contributed by atoms with E-state index in [1.807, 2.05) is 0 Å². The highest BCUT2D eigenvalue weighted by Gasteiger charge is 2.31. The van der Waals surface area contributed by atoms with E-state index in [0.29, 0.717) is 5.75 Å². The summed E-state index contributed by atoms with van der Waals surface area (Å²) in [6.07, 6.45) is -2.26. The van der Waals surface area contributed by atoms with Gasteiger partial charge in [-0.1, -0.05) is 0 Å². The van der Waals surface area contributed by atoms with Crippen LogP contribution in [0.15, 0.2) is 47.6 Å². The molecular formula is C17H16F3N3O4S. The molecular weight excluding hydrogens is 399 g/mol. The fourth-order valence-electron chi connectivity index (χ4n) is 2.54. The number of sulfonamides is 1. The van der Waals surface area contributed by atoms with Gasteiger partial charge >= 0.3 is 6.18 Å². The van der Waals surface area contributed by atoms with Crippen molar-refractivity contribution in [2.24, 2.45) is 0 Å². The Kier molecular flexibility index (Phi) is 5.22. The topological polar surface area (TPSA) is 81.9 Å². The largest absolute Gasteiger partial charge is 0.497 e. The molecule has 2 aromatic heterocycles. The summed E-state index contributed by atoms with van der Waals surface area (Å²) < 4.78 is 77.3. The number of nitrogens with zero attached hydrogens (tertiary/aromatic N) is 2. The van der Waals surface area contributed by atoms with E-state index >= 15 is 0 Å². The summed E-state index contributed by atoms with van der Waals surface area (Å²) in [5, 5.41) is 0. The molecule has 0 aliphatic rings. The molecule has 0 radical (unpaired) electrons. The number of benzene rings is 1. The first-order valence-corrected chi connectivity index (χ1v) is 9.39. The summed E-state index contributed by atoms with van der Waals surface area (Å²) in [5.41, 5.74) is -0.309. The van der Waals surface area contributed by atoms with E-state index in [9.17, 15) is 21.6 Å². The molecule has 11 heteroatoms. The number of nitrogens with one attached hydrogen (secondary N) is 1. The highest BCUT2D eigenvalue weighted by molar-refractivity contribution is 7.89. The molecule has 3 rings (SSSR count). The second-order valence-corrected chi connectivity index (χ2v) is 7.49. The van der Waals surface area contributed by atoms with Crippen LogP contribution in [-0.2, 0) is 22.7 Å². The minimum Gasteiger partial charge on any atom is -0.497 e. The van der Waals surface area contributed by atoms with Crippen molar-refractivity contribution in [1.82, 2.24) is 14.1 Å². The van der Waals surface area contributed by atoms with Gasteiger partial charge in [0.05, 0.1) is 32.0 Å².